The van der Waals surface area contributed by atoms with E-state index >= 15 is 0 Å². The van der Waals surface area contributed by atoms with Crippen LogP contribution in [-0.4, -0.2) is 30.3 Å². The number of nitrogens with zero attached hydrogens (tertiary/aromatic N) is 1. The van der Waals surface area contributed by atoms with E-state index in [0.29, 0.717) is 21.7 Å². The maximum atomic E-state index is 13.2. The average molecular weight is 511 g/mol. The van der Waals surface area contributed by atoms with Crippen molar-refractivity contribution in [2.45, 2.75) is 13.8 Å². The van der Waals surface area contributed by atoms with Crippen molar-refractivity contribution in [1.29, 1.82) is 0 Å². The van der Waals surface area contributed by atoms with Crippen molar-refractivity contribution in [3.05, 3.63) is 106 Å². The van der Waals surface area contributed by atoms with Crippen molar-refractivity contribution in [1.82, 2.24) is 0 Å². The molecule has 2 heterocycles. The van der Waals surface area contributed by atoms with Crippen molar-refractivity contribution in [3.8, 4) is 11.1 Å². The molecular formula is C29H22N2O5S. The van der Waals surface area contributed by atoms with E-state index in [1.807, 2.05) is 36.6 Å². The van der Waals surface area contributed by atoms with Gasteiger partial charge in [-0.25, -0.2) is 9.69 Å². The molecule has 1 N–H and O–H groups in total. The second kappa shape index (κ2) is 9.83. The fourth-order valence-electron chi connectivity index (χ4n) is 4.19. The Labute approximate surface area is 217 Å². The second-order valence-electron chi connectivity index (χ2n) is 8.44. The number of anilines is 2. The van der Waals surface area contributed by atoms with E-state index in [-0.39, 0.29) is 23.4 Å². The number of carbonyl (C=O) groups is 4. The van der Waals surface area contributed by atoms with Gasteiger partial charge < -0.3 is 10.1 Å². The number of amides is 3. The third kappa shape index (κ3) is 4.43. The summed E-state index contributed by atoms with van der Waals surface area (Å²) >= 11 is 1.22. The second-order valence-corrected chi connectivity index (χ2v) is 9.32. The van der Waals surface area contributed by atoms with E-state index in [0.717, 1.165) is 16.0 Å². The number of nitrogens with one attached hydrogen (secondary N) is 1. The summed E-state index contributed by atoms with van der Waals surface area (Å²) in [5.41, 5.74) is 4.03. The smallest absolute Gasteiger partial charge is 0.341 e. The molecule has 0 bridgehead atoms. The molecule has 0 fully saturated rings. The molecule has 7 nitrogen and oxygen atoms in total. The molecule has 0 saturated heterocycles. The van der Waals surface area contributed by atoms with E-state index in [1.54, 1.807) is 49.4 Å². The Hall–Kier alpha value is -4.56. The van der Waals surface area contributed by atoms with Gasteiger partial charge in [-0.3, -0.25) is 14.4 Å². The van der Waals surface area contributed by atoms with Crippen molar-refractivity contribution in [3.63, 3.8) is 0 Å². The summed E-state index contributed by atoms with van der Waals surface area (Å²) in [6.07, 6.45) is 0. The molecular weight excluding hydrogens is 488 g/mol. The van der Waals surface area contributed by atoms with Crippen molar-refractivity contribution in [2.75, 3.05) is 16.8 Å². The van der Waals surface area contributed by atoms with E-state index in [4.69, 9.17) is 4.74 Å². The first kappa shape index (κ1) is 24.1. The highest BCUT2D eigenvalue weighted by atomic mass is 32.1. The number of hydrogen-bond acceptors (Lipinski definition) is 6. The van der Waals surface area contributed by atoms with Crippen LogP contribution in [0.1, 0.15) is 53.9 Å². The lowest BCUT2D eigenvalue weighted by Gasteiger charge is -2.15. The van der Waals surface area contributed by atoms with E-state index in [1.165, 1.54) is 17.4 Å². The van der Waals surface area contributed by atoms with Crippen LogP contribution in [0.15, 0.2) is 78.2 Å². The number of thiophene rings is 1. The summed E-state index contributed by atoms with van der Waals surface area (Å²) in [6.45, 7) is 3.89. The summed E-state index contributed by atoms with van der Waals surface area (Å²) in [5, 5.41) is 4.97. The van der Waals surface area contributed by atoms with E-state index < -0.39 is 23.7 Å². The van der Waals surface area contributed by atoms with Crippen LogP contribution < -0.4 is 10.2 Å². The van der Waals surface area contributed by atoms with Crippen molar-refractivity contribution >= 4 is 45.7 Å². The number of fused-ring (bicyclic) bond motifs is 1. The molecule has 8 heteroatoms. The molecule has 4 aromatic rings. The van der Waals surface area contributed by atoms with Gasteiger partial charge in [-0.2, -0.15) is 0 Å². The molecule has 0 unspecified atom stereocenters. The van der Waals surface area contributed by atoms with Crippen LogP contribution in [0.5, 0.6) is 0 Å². The Morgan fingerprint density at radius 3 is 2.22 bits per heavy atom. The number of hydrogen-bond donors (Lipinski definition) is 1. The van der Waals surface area contributed by atoms with E-state index in [2.05, 4.69) is 5.32 Å². The standard InChI is InChI=1S/C29H22N2O5S/c1-3-36-29(35)24-23(18-13-11-17(2)12-14-18)16-37-26(24)30-25(32)19-7-6-8-20(15-19)31-27(33)21-9-4-5-10-22(21)28(31)34/h4-16H,3H2,1-2H3,(H,30,32). The van der Waals surface area contributed by atoms with Crippen LogP contribution in [0.25, 0.3) is 11.1 Å². The molecule has 1 aliphatic rings. The van der Waals surface area contributed by atoms with Crippen LogP contribution in [0.4, 0.5) is 10.7 Å². The topological polar surface area (TPSA) is 92.8 Å². The fourth-order valence-corrected chi connectivity index (χ4v) is 5.14. The van der Waals surface area contributed by atoms with E-state index in [9.17, 15) is 19.2 Å². The lowest BCUT2D eigenvalue weighted by atomic mass is 10.0. The van der Waals surface area contributed by atoms with Crippen LogP contribution in [-0.2, 0) is 4.74 Å². The molecule has 0 aliphatic carbocycles. The molecule has 3 amide bonds. The van der Waals surface area contributed by atoms with Crippen LogP contribution in [0, 0.1) is 6.92 Å². The number of carbonyl (C=O) groups excluding carboxylic acids is 4. The molecule has 37 heavy (non-hydrogen) atoms. The molecule has 0 atom stereocenters. The molecule has 5 rings (SSSR count). The predicted octanol–water partition coefficient (Wildman–Crippen LogP) is 5.95. The largest absolute Gasteiger partial charge is 0.462 e. The lowest BCUT2D eigenvalue weighted by molar-refractivity contribution is 0.0528. The maximum Gasteiger partial charge on any atom is 0.341 e. The molecule has 0 radical (unpaired) electrons. The third-order valence-electron chi connectivity index (χ3n) is 6.02. The van der Waals surface area contributed by atoms with Gasteiger partial charge in [0.15, 0.2) is 0 Å². The monoisotopic (exact) mass is 510 g/mol. The first-order chi connectivity index (χ1) is 17.9. The van der Waals surface area contributed by atoms with Crippen molar-refractivity contribution in [2.24, 2.45) is 0 Å². The Balaban J connectivity index is 1.45. The van der Waals surface area contributed by atoms with Crippen LogP contribution in [0.2, 0.25) is 0 Å². The van der Waals surface area contributed by atoms with Gasteiger partial charge in [-0.05, 0) is 49.7 Å². The minimum absolute atomic E-state index is 0.192. The third-order valence-corrected chi connectivity index (χ3v) is 6.92. The number of rotatable bonds is 6. The molecule has 0 saturated carbocycles. The normalized spacial score (nSPS) is 12.4. The van der Waals surface area contributed by atoms with Gasteiger partial charge in [0.05, 0.1) is 23.4 Å². The molecule has 1 aliphatic heterocycles. The summed E-state index contributed by atoms with van der Waals surface area (Å²) in [6, 6.07) is 20.6. The van der Waals surface area contributed by atoms with Gasteiger partial charge >= 0.3 is 5.97 Å². The van der Waals surface area contributed by atoms with Gasteiger partial charge in [-0.15, -0.1) is 11.3 Å². The first-order valence-electron chi connectivity index (χ1n) is 11.6. The number of aryl methyl sites for hydroxylation is 1. The lowest BCUT2D eigenvalue weighted by Crippen LogP contribution is -2.29. The molecule has 3 aromatic carbocycles. The number of benzene rings is 3. The minimum atomic E-state index is -0.533. The zero-order chi connectivity index (χ0) is 26.1. The zero-order valence-corrected chi connectivity index (χ0v) is 20.9. The van der Waals surface area contributed by atoms with Gasteiger partial charge in [-0.1, -0.05) is 48.0 Å². The molecule has 0 spiro atoms. The number of imide groups is 1. The highest BCUT2D eigenvalue weighted by Crippen LogP contribution is 2.37. The maximum absolute atomic E-state index is 13.2. The van der Waals surface area contributed by atoms with Gasteiger partial charge in [0.25, 0.3) is 17.7 Å². The summed E-state index contributed by atoms with van der Waals surface area (Å²) in [5.74, 6) is -1.90. The zero-order valence-electron chi connectivity index (χ0n) is 20.1. The van der Waals surface area contributed by atoms with Crippen LogP contribution >= 0.6 is 11.3 Å². The Kier molecular flexibility index (Phi) is 6.42. The quantitative estimate of drug-likeness (QED) is 0.255. The highest BCUT2D eigenvalue weighted by molar-refractivity contribution is 7.15. The first-order valence-corrected chi connectivity index (χ1v) is 12.5. The predicted molar refractivity (Wildman–Crippen MR) is 142 cm³/mol. The van der Waals surface area contributed by atoms with Gasteiger partial charge in [0.1, 0.15) is 10.6 Å². The average Bonchev–Trinajstić information content (AvgIpc) is 3.43. The summed E-state index contributed by atoms with van der Waals surface area (Å²) < 4.78 is 5.28. The van der Waals surface area contributed by atoms with Crippen molar-refractivity contribution < 1.29 is 23.9 Å². The minimum Gasteiger partial charge on any atom is -0.462 e. The SMILES string of the molecule is CCOC(=O)c1c(-c2ccc(C)cc2)csc1NC(=O)c1cccc(N2C(=O)c3ccccc3C2=O)c1. The Morgan fingerprint density at radius 1 is 0.892 bits per heavy atom. The Morgan fingerprint density at radius 2 is 1.57 bits per heavy atom. The highest BCUT2D eigenvalue weighted by Gasteiger charge is 2.36. The number of esters is 1. The van der Waals surface area contributed by atoms with Crippen LogP contribution in [0.3, 0.4) is 0 Å². The van der Waals surface area contributed by atoms with Gasteiger partial charge in [0.2, 0.25) is 0 Å². The number of ether oxygens (including phenoxy) is 1. The molecule has 1 aromatic heterocycles. The molecule has 184 valence electrons. The Bertz CT molecular complexity index is 1520. The van der Waals surface area contributed by atoms with Gasteiger partial charge in [0, 0.05) is 16.5 Å². The fraction of sp³-hybridized carbons (Fsp3) is 0.103. The summed E-state index contributed by atoms with van der Waals surface area (Å²) in [7, 11) is 0. The summed E-state index contributed by atoms with van der Waals surface area (Å²) in [4.78, 5) is 52.9.